The molecule has 0 bridgehead atoms. The van der Waals surface area contributed by atoms with Gasteiger partial charge in [-0.2, -0.15) is 0 Å². The zero-order valence-electron chi connectivity index (χ0n) is 15.9. The van der Waals surface area contributed by atoms with Gasteiger partial charge in [-0.1, -0.05) is 30.3 Å². The predicted octanol–water partition coefficient (Wildman–Crippen LogP) is 4.18. The van der Waals surface area contributed by atoms with Gasteiger partial charge in [-0.3, -0.25) is 4.79 Å². The van der Waals surface area contributed by atoms with E-state index in [9.17, 15) is 4.79 Å². The molecule has 1 N–H and O–H groups in total. The van der Waals surface area contributed by atoms with Gasteiger partial charge in [-0.15, -0.1) is 0 Å². The smallest absolute Gasteiger partial charge is 0.268 e. The van der Waals surface area contributed by atoms with Gasteiger partial charge in [0.1, 0.15) is 11.8 Å². The normalized spacial score (nSPS) is 14.1. The zero-order chi connectivity index (χ0) is 19.2. The number of nitrogens with zero attached hydrogens (tertiary/aromatic N) is 2. The minimum absolute atomic E-state index is 0.0870. The highest BCUT2D eigenvalue weighted by Gasteiger charge is 2.17. The van der Waals surface area contributed by atoms with Crippen LogP contribution in [0.25, 0.3) is 0 Å². The molecular weight excluding hydrogens is 350 g/mol. The van der Waals surface area contributed by atoms with Gasteiger partial charge in [0, 0.05) is 31.5 Å². The number of amides is 1. The predicted molar refractivity (Wildman–Crippen MR) is 108 cm³/mol. The van der Waals surface area contributed by atoms with Crippen LogP contribution >= 0.6 is 0 Å². The lowest BCUT2D eigenvalue weighted by atomic mass is 10.2. The summed E-state index contributed by atoms with van der Waals surface area (Å²) in [4.78, 5) is 17.0. The molecule has 1 aliphatic carbocycles. The van der Waals surface area contributed by atoms with Crippen molar-refractivity contribution in [3.63, 3.8) is 0 Å². The minimum Gasteiger partial charge on any atom is -0.474 e. The summed E-state index contributed by atoms with van der Waals surface area (Å²) in [7, 11) is 0. The molecule has 1 saturated carbocycles. The highest BCUT2D eigenvalue weighted by atomic mass is 16.5. The van der Waals surface area contributed by atoms with Gasteiger partial charge in [0.05, 0.1) is 0 Å². The Hall–Kier alpha value is -3.08. The van der Waals surface area contributed by atoms with Gasteiger partial charge in [0.2, 0.25) is 5.88 Å². The molecule has 2 heterocycles. The molecule has 0 unspecified atom stereocenters. The second-order valence-electron chi connectivity index (χ2n) is 7.22. The Labute approximate surface area is 165 Å². The molecule has 144 valence electrons. The van der Waals surface area contributed by atoms with Crippen LogP contribution in [0.3, 0.4) is 0 Å². The number of hydrogen-bond acceptors (Lipinski definition) is 3. The first kappa shape index (κ1) is 18.3. The van der Waals surface area contributed by atoms with E-state index in [1.165, 1.54) is 12.8 Å². The number of carbonyl (C=O) groups excluding carboxylic acids is 1. The molecule has 1 amide bonds. The molecule has 4 rings (SSSR count). The number of nitrogens with one attached hydrogen (secondary N) is 1. The SMILES string of the molecule is O=C(NCc1ccnc(OC2CCCC2)c1)c1cccn1Cc1ccccc1. The molecule has 1 fully saturated rings. The quantitative estimate of drug-likeness (QED) is 0.674. The van der Waals surface area contributed by atoms with Crippen LogP contribution in [0.2, 0.25) is 0 Å². The summed E-state index contributed by atoms with van der Waals surface area (Å²) in [6.07, 6.45) is 8.60. The lowest BCUT2D eigenvalue weighted by molar-refractivity contribution is 0.0942. The van der Waals surface area contributed by atoms with Gasteiger partial charge < -0.3 is 14.6 Å². The van der Waals surface area contributed by atoms with Crippen LogP contribution < -0.4 is 10.1 Å². The van der Waals surface area contributed by atoms with Gasteiger partial charge in [0.15, 0.2) is 0 Å². The summed E-state index contributed by atoms with van der Waals surface area (Å²) >= 11 is 0. The Morgan fingerprint density at radius 1 is 1.07 bits per heavy atom. The van der Waals surface area contributed by atoms with Crippen LogP contribution in [0.1, 0.15) is 47.3 Å². The van der Waals surface area contributed by atoms with Crippen molar-refractivity contribution in [1.82, 2.24) is 14.9 Å². The number of hydrogen-bond donors (Lipinski definition) is 1. The zero-order valence-corrected chi connectivity index (χ0v) is 15.9. The molecule has 28 heavy (non-hydrogen) atoms. The van der Waals surface area contributed by atoms with Crippen molar-refractivity contribution in [2.24, 2.45) is 0 Å². The van der Waals surface area contributed by atoms with Gasteiger partial charge >= 0.3 is 0 Å². The Morgan fingerprint density at radius 2 is 1.89 bits per heavy atom. The van der Waals surface area contributed by atoms with E-state index in [2.05, 4.69) is 22.4 Å². The van der Waals surface area contributed by atoms with E-state index >= 15 is 0 Å². The number of aromatic nitrogens is 2. The van der Waals surface area contributed by atoms with Gasteiger partial charge in [-0.25, -0.2) is 4.98 Å². The summed E-state index contributed by atoms with van der Waals surface area (Å²) in [5, 5.41) is 3.01. The fraction of sp³-hybridized carbons (Fsp3) is 0.304. The average molecular weight is 375 g/mol. The third-order valence-electron chi connectivity index (χ3n) is 5.10. The maximum atomic E-state index is 12.7. The summed E-state index contributed by atoms with van der Waals surface area (Å²) in [6.45, 7) is 1.12. The maximum Gasteiger partial charge on any atom is 0.268 e. The lowest BCUT2D eigenvalue weighted by Crippen LogP contribution is -2.25. The first-order valence-electron chi connectivity index (χ1n) is 9.87. The molecule has 0 radical (unpaired) electrons. The van der Waals surface area contributed by atoms with Crippen LogP contribution in [0, 0.1) is 0 Å². The van der Waals surface area contributed by atoms with E-state index in [0.29, 0.717) is 24.7 Å². The maximum absolute atomic E-state index is 12.7. The average Bonchev–Trinajstić information content (AvgIpc) is 3.39. The second-order valence-corrected chi connectivity index (χ2v) is 7.22. The molecule has 1 aliphatic rings. The molecule has 0 saturated heterocycles. The fourth-order valence-electron chi connectivity index (χ4n) is 3.61. The Bertz CT molecular complexity index is 914. The van der Waals surface area contributed by atoms with Crippen LogP contribution in [-0.4, -0.2) is 21.6 Å². The Balaban J connectivity index is 1.36. The third-order valence-corrected chi connectivity index (χ3v) is 5.10. The fourth-order valence-corrected chi connectivity index (χ4v) is 3.61. The van der Waals surface area contributed by atoms with E-state index in [4.69, 9.17) is 4.74 Å². The monoisotopic (exact) mass is 375 g/mol. The molecule has 2 aromatic heterocycles. The van der Waals surface area contributed by atoms with Crippen molar-refractivity contribution in [3.05, 3.63) is 83.8 Å². The van der Waals surface area contributed by atoms with Crippen molar-refractivity contribution in [3.8, 4) is 5.88 Å². The first-order chi connectivity index (χ1) is 13.8. The van der Waals surface area contributed by atoms with Crippen molar-refractivity contribution >= 4 is 5.91 Å². The van der Waals surface area contributed by atoms with E-state index < -0.39 is 0 Å². The summed E-state index contributed by atoms with van der Waals surface area (Å²) in [5.41, 5.74) is 2.80. The molecule has 0 aliphatic heterocycles. The van der Waals surface area contributed by atoms with E-state index in [0.717, 1.165) is 24.0 Å². The number of carbonyl (C=O) groups is 1. The van der Waals surface area contributed by atoms with Gasteiger partial charge in [0.25, 0.3) is 5.91 Å². The Kier molecular flexibility index (Phi) is 5.71. The molecular formula is C23H25N3O2. The molecule has 1 aromatic carbocycles. The molecule has 0 spiro atoms. The van der Waals surface area contributed by atoms with Crippen molar-refractivity contribution < 1.29 is 9.53 Å². The van der Waals surface area contributed by atoms with Crippen LogP contribution in [-0.2, 0) is 13.1 Å². The van der Waals surface area contributed by atoms with Gasteiger partial charge in [-0.05, 0) is 55.0 Å². The number of ether oxygens (including phenoxy) is 1. The molecule has 5 nitrogen and oxygen atoms in total. The Morgan fingerprint density at radius 3 is 2.71 bits per heavy atom. The van der Waals surface area contributed by atoms with E-state index in [1.807, 2.05) is 53.2 Å². The standard InChI is InChI=1S/C23H25N3O2/c27-23(21-11-6-14-26(21)17-18-7-2-1-3-8-18)25-16-19-12-13-24-22(15-19)28-20-9-4-5-10-20/h1-3,6-8,11-15,20H,4-5,9-10,16-17H2,(H,25,27). The number of rotatable bonds is 7. The highest BCUT2D eigenvalue weighted by molar-refractivity contribution is 5.92. The number of benzene rings is 1. The van der Waals surface area contributed by atoms with Crippen LogP contribution in [0.15, 0.2) is 67.0 Å². The molecule has 5 heteroatoms. The topological polar surface area (TPSA) is 56.1 Å². The molecule has 0 atom stereocenters. The lowest BCUT2D eigenvalue weighted by Gasteiger charge is -2.13. The van der Waals surface area contributed by atoms with Crippen LogP contribution in [0.4, 0.5) is 0 Å². The summed E-state index contributed by atoms with van der Waals surface area (Å²) in [6, 6.07) is 17.7. The summed E-state index contributed by atoms with van der Waals surface area (Å²) in [5.74, 6) is 0.558. The van der Waals surface area contributed by atoms with E-state index in [-0.39, 0.29) is 12.0 Å². The largest absolute Gasteiger partial charge is 0.474 e. The third kappa shape index (κ3) is 4.60. The van der Waals surface area contributed by atoms with Crippen molar-refractivity contribution in [1.29, 1.82) is 0 Å². The minimum atomic E-state index is -0.0870. The highest BCUT2D eigenvalue weighted by Crippen LogP contribution is 2.23. The van der Waals surface area contributed by atoms with Crippen LogP contribution in [0.5, 0.6) is 5.88 Å². The van der Waals surface area contributed by atoms with E-state index in [1.54, 1.807) is 6.20 Å². The molecule has 3 aromatic rings. The number of pyridine rings is 1. The first-order valence-corrected chi connectivity index (χ1v) is 9.87. The second kappa shape index (κ2) is 8.74. The van der Waals surface area contributed by atoms with Crippen molar-refractivity contribution in [2.75, 3.05) is 0 Å². The summed E-state index contributed by atoms with van der Waals surface area (Å²) < 4.78 is 7.92. The van der Waals surface area contributed by atoms with Crippen molar-refractivity contribution in [2.45, 2.75) is 44.9 Å².